The summed E-state index contributed by atoms with van der Waals surface area (Å²) in [7, 11) is 0. The van der Waals surface area contributed by atoms with Gasteiger partial charge in [-0.3, -0.25) is 0 Å². The van der Waals surface area contributed by atoms with Gasteiger partial charge in [0.15, 0.2) is 11.6 Å². The molecule has 0 unspecified atom stereocenters. The molecule has 1 aromatic carbocycles. The number of benzene rings is 1. The highest BCUT2D eigenvalue weighted by molar-refractivity contribution is 5.81. The lowest BCUT2D eigenvalue weighted by molar-refractivity contribution is -0.137. The average molecular weight is 340 g/mol. The minimum Gasteiger partial charge on any atom is -0.490 e. The smallest absolute Gasteiger partial charge is 0.330 e. The van der Waals surface area contributed by atoms with Crippen molar-refractivity contribution in [2.24, 2.45) is 0 Å². The van der Waals surface area contributed by atoms with Crippen LogP contribution in [0.1, 0.15) is 32.1 Å². The number of hydrogen-bond acceptors (Lipinski definition) is 5. The summed E-state index contributed by atoms with van der Waals surface area (Å²) in [5, 5.41) is 0. The van der Waals surface area contributed by atoms with E-state index < -0.39 is 0 Å². The number of ether oxygens (including phenoxy) is 2. The topological polar surface area (TPSA) is 61.3 Å². The first-order valence-electron chi connectivity index (χ1n) is 8.59. The molecular formula is C20H24N2O3. The number of esters is 1. The van der Waals surface area contributed by atoms with Crippen molar-refractivity contribution in [3.63, 3.8) is 0 Å². The predicted molar refractivity (Wildman–Crippen MR) is 97.2 cm³/mol. The average Bonchev–Trinajstić information content (AvgIpc) is 2.67. The van der Waals surface area contributed by atoms with Gasteiger partial charge in [-0.25, -0.2) is 14.8 Å². The van der Waals surface area contributed by atoms with E-state index in [9.17, 15) is 4.79 Å². The Kier molecular flexibility index (Phi) is 8.18. The zero-order chi connectivity index (χ0) is 17.7. The van der Waals surface area contributed by atoms with E-state index in [2.05, 4.69) is 16.5 Å². The number of rotatable bonds is 11. The fourth-order valence-electron chi connectivity index (χ4n) is 2.28. The summed E-state index contributed by atoms with van der Waals surface area (Å²) in [6, 6.07) is 9.86. The van der Waals surface area contributed by atoms with Crippen LogP contribution in [-0.2, 0) is 9.53 Å². The summed E-state index contributed by atoms with van der Waals surface area (Å²) >= 11 is 0. The van der Waals surface area contributed by atoms with Gasteiger partial charge in [0.25, 0.3) is 0 Å². The highest BCUT2D eigenvalue weighted by atomic mass is 16.5. The van der Waals surface area contributed by atoms with Gasteiger partial charge in [-0.1, -0.05) is 56.2 Å². The minimum atomic E-state index is -0.353. The molecule has 0 N–H and O–H groups in total. The first-order valence-corrected chi connectivity index (χ1v) is 8.59. The zero-order valence-electron chi connectivity index (χ0n) is 14.4. The third-order valence-electron chi connectivity index (χ3n) is 3.63. The lowest BCUT2D eigenvalue weighted by atomic mass is 10.1. The van der Waals surface area contributed by atoms with Crippen LogP contribution >= 0.6 is 0 Å². The van der Waals surface area contributed by atoms with E-state index in [1.807, 2.05) is 30.3 Å². The highest BCUT2D eigenvalue weighted by Crippen LogP contribution is 2.16. The molecule has 0 radical (unpaired) electrons. The molecule has 2 rings (SSSR count). The lowest BCUT2D eigenvalue weighted by Crippen LogP contribution is -2.02. The molecule has 0 bridgehead atoms. The minimum absolute atomic E-state index is 0.353. The van der Waals surface area contributed by atoms with Crippen molar-refractivity contribution in [1.82, 2.24) is 9.97 Å². The molecule has 0 aliphatic rings. The normalized spacial score (nSPS) is 10.2. The third-order valence-corrected chi connectivity index (χ3v) is 3.63. The largest absolute Gasteiger partial charge is 0.490 e. The molecule has 0 amide bonds. The number of carbonyl (C=O) groups is 1. The van der Waals surface area contributed by atoms with Crippen LogP contribution in [0.25, 0.3) is 11.4 Å². The number of hydrogen-bond donors (Lipinski definition) is 0. The Balaban J connectivity index is 1.55. The molecule has 132 valence electrons. The van der Waals surface area contributed by atoms with Crippen molar-refractivity contribution in [2.75, 3.05) is 13.2 Å². The van der Waals surface area contributed by atoms with Gasteiger partial charge < -0.3 is 9.47 Å². The second-order valence-corrected chi connectivity index (χ2v) is 5.60. The molecule has 0 aliphatic carbocycles. The van der Waals surface area contributed by atoms with Crippen LogP contribution in [0.3, 0.4) is 0 Å². The van der Waals surface area contributed by atoms with E-state index in [1.165, 1.54) is 6.08 Å². The molecule has 5 heteroatoms. The van der Waals surface area contributed by atoms with Gasteiger partial charge in [0.05, 0.1) is 25.6 Å². The molecule has 25 heavy (non-hydrogen) atoms. The van der Waals surface area contributed by atoms with Crippen LogP contribution in [0, 0.1) is 0 Å². The van der Waals surface area contributed by atoms with Crippen LogP contribution < -0.4 is 4.74 Å². The number of unbranched alkanes of at least 4 members (excludes halogenated alkanes) is 4. The Morgan fingerprint density at radius 1 is 0.960 bits per heavy atom. The van der Waals surface area contributed by atoms with Crippen molar-refractivity contribution in [3.8, 4) is 17.1 Å². The Bertz CT molecular complexity index is 642. The van der Waals surface area contributed by atoms with Crippen molar-refractivity contribution >= 4 is 5.97 Å². The summed E-state index contributed by atoms with van der Waals surface area (Å²) in [6.07, 6.45) is 9.69. The molecule has 0 saturated carbocycles. The maximum absolute atomic E-state index is 10.9. The summed E-state index contributed by atoms with van der Waals surface area (Å²) in [6.45, 7) is 4.47. The van der Waals surface area contributed by atoms with Gasteiger partial charge >= 0.3 is 5.97 Å². The summed E-state index contributed by atoms with van der Waals surface area (Å²) < 4.78 is 10.6. The van der Waals surface area contributed by atoms with Crippen molar-refractivity contribution in [3.05, 3.63) is 55.4 Å². The van der Waals surface area contributed by atoms with E-state index in [0.29, 0.717) is 24.8 Å². The second-order valence-electron chi connectivity index (χ2n) is 5.60. The Hall–Kier alpha value is -2.69. The van der Waals surface area contributed by atoms with E-state index in [-0.39, 0.29) is 5.97 Å². The number of aromatic nitrogens is 2. The maximum Gasteiger partial charge on any atom is 0.330 e. The zero-order valence-corrected chi connectivity index (χ0v) is 14.4. The summed E-state index contributed by atoms with van der Waals surface area (Å²) in [5.74, 6) is 1.04. The number of nitrogens with zero attached hydrogens (tertiary/aromatic N) is 2. The Labute approximate surface area is 148 Å². The maximum atomic E-state index is 10.9. The molecule has 2 aromatic rings. The van der Waals surface area contributed by atoms with Crippen LogP contribution in [0.5, 0.6) is 5.75 Å². The monoisotopic (exact) mass is 340 g/mol. The van der Waals surface area contributed by atoms with Gasteiger partial charge in [0.1, 0.15) is 0 Å². The standard InChI is InChI=1S/C20H24N2O3/c1-2-19(23)25-14-10-5-3-4-9-13-24-18-15-21-20(22-16-18)17-11-7-6-8-12-17/h2,6-8,11-12,15-16H,1,3-5,9-10,13-14H2. The molecule has 0 saturated heterocycles. The first kappa shape index (κ1) is 18.6. The van der Waals surface area contributed by atoms with Crippen molar-refractivity contribution < 1.29 is 14.3 Å². The van der Waals surface area contributed by atoms with Crippen LogP contribution in [-0.4, -0.2) is 29.2 Å². The molecule has 0 atom stereocenters. The molecular weight excluding hydrogens is 316 g/mol. The molecule has 5 nitrogen and oxygen atoms in total. The van der Waals surface area contributed by atoms with Gasteiger partial charge in [0, 0.05) is 11.6 Å². The SMILES string of the molecule is C=CC(=O)OCCCCCCCOc1cnc(-c2ccccc2)nc1. The van der Waals surface area contributed by atoms with E-state index in [4.69, 9.17) is 9.47 Å². The van der Waals surface area contributed by atoms with Gasteiger partial charge in [0.2, 0.25) is 0 Å². The van der Waals surface area contributed by atoms with E-state index in [0.717, 1.165) is 37.7 Å². The Morgan fingerprint density at radius 3 is 2.28 bits per heavy atom. The molecule has 1 heterocycles. The first-order chi connectivity index (χ1) is 12.3. The van der Waals surface area contributed by atoms with Crippen molar-refractivity contribution in [2.45, 2.75) is 32.1 Å². The molecule has 0 spiro atoms. The summed E-state index contributed by atoms with van der Waals surface area (Å²) in [4.78, 5) is 19.5. The van der Waals surface area contributed by atoms with Crippen LogP contribution in [0.2, 0.25) is 0 Å². The molecule has 1 aromatic heterocycles. The quantitative estimate of drug-likeness (QED) is 0.348. The van der Waals surface area contributed by atoms with Gasteiger partial charge in [-0.2, -0.15) is 0 Å². The van der Waals surface area contributed by atoms with Gasteiger partial charge in [-0.05, 0) is 12.8 Å². The summed E-state index contributed by atoms with van der Waals surface area (Å²) in [5.41, 5.74) is 0.993. The fraction of sp³-hybridized carbons (Fsp3) is 0.350. The number of carbonyl (C=O) groups excluding carboxylic acids is 1. The van der Waals surface area contributed by atoms with E-state index in [1.54, 1.807) is 12.4 Å². The van der Waals surface area contributed by atoms with Gasteiger partial charge in [-0.15, -0.1) is 0 Å². The lowest BCUT2D eigenvalue weighted by Gasteiger charge is -2.06. The highest BCUT2D eigenvalue weighted by Gasteiger charge is 2.01. The van der Waals surface area contributed by atoms with Crippen LogP contribution in [0.15, 0.2) is 55.4 Å². The third kappa shape index (κ3) is 7.16. The second kappa shape index (κ2) is 11.0. The van der Waals surface area contributed by atoms with E-state index >= 15 is 0 Å². The van der Waals surface area contributed by atoms with Crippen molar-refractivity contribution in [1.29, 1.82) is 0 Å². The Morgan fingerprint density at radius 2 is 1.60 bits per heavy atom. The van der Waals surface area contributed by atoms with Crippen LogP contribution in [0.4, 0.5) is 0 Å². The fourth-order valence-corrected chi connectivity index (χ4v) is 2.28. The molecule has 0 aliphatic heterocycles. The molecule has 0 fully saturated rings. The predicted octanol–water partition coefficient (Wildman–Crippen LogP) is 4.20.